The van der Waals surface area contributed by atoms with Crippen molar-refractivity contribution < 1.29 is 4.79 Å². The van der Waals surface area contributed by atoms with Crippen LogP contribution in [0.1, 0.15) is 53.3 Å². The molecule has 0 spiro atoms. The van der Waals surface area contributed by atoms with Crippen LogP contribution in [0.4, 0.5) is 5.82 Å². The van der Waals surface area contributed by atoms with E-state index in [9.17, 15) is 4.79 Å². The summed E-state index contributed by atoms with van der Waals surface area (Å²) in [5, 5.41) is 1.04. The van der Waals surface area contributed by atoms with E-state index < -0.39 is 0 Å². The summed E-state index contributed by atoms with van der Waals surface area (Å²) in [7, 11) is 0. The molecule has 5 nitrogen and oxygen atoms in total. The van der Waals surface area contributed by atoms with Crippen molar-refractivity contribution in [3.8, 4) is 0 Å². The van der Waals surface area contributed by atoms with Gasteiger partial charge in [-0.25, -0.2) is 9.97 Å². The second-order valence-electron chi connectivity index (χ2n) is 8.43. The third-order valence-corrected chi connectivity index (χ3v) is 7.58. The Labute approximate surface area is 189 Å². The lowest BCUT2D eigenvalue weighted by Gasteiger charge is -2.32. The lowest BCUT2D eigenvalue weighted by Crippen LogP contribution is -2.38. The Balaban J connectivity index is 1.53. The average Bonchev–Trinajstić information content (AvgIpc) is 3.11. The smallest absolute Gasteiger partial charge is 0.264 e. The van der Waals surface area contributed by atoms with Crippen molar-refractivity contribution in [2.24, 2.45) is 5.92 Å². The predicted molar refractivity (Wildman–Crippen MR) is 129 cm³/mol. The molecule has 0 atom stereocenters. The van der Waals surface area contributed by atoms with Gasteiger partial charge in [0.1, 0.15) is 16.5 Å². The molecule has 1 amide bonds. The topological polar surface area (TPSA) is 49.3 Å². The number of likely N-dealkylation sites (tertiary alicyclic amines) is 1. The fourth-order valence-corrected chi connectivity index (χ4v) is 5.80. The van der Waals surface area contributed by atoms with Crippen molar-refractivity contribution in [2.75, 3.05) is 31.1 Å². The molecule has 0 radical (unpaired) electrons. The summed E-state index contributed by atoms with van der Waals surface area (Å²) < 4.78 is 0. The van der Waals surface area contributed by atoms with Gasteiger partial charge >= 0.3 is 0 Å². The Morgan fingerprint density at radius 3 is 2.42 bits per heavy atom. The maximum absolute atomic E-state index is 13.4. The summed E-state index contributed by atoms with van der Waals surface area (Å²) in [6.45, 7) is 11.7. The van der Waals surface area contributed by atoms with Gasteiger partial charge in [0.15, 0.2) is 0 Å². The largest absolute Gasteiger partial charge is 0.357 e. The number of carbonyl (C=O) groups is 1. The number of anilines is 1. The molecule has 3 aromatic rings. The third-order valence-electron chi connectivity index (χ3n) is 6.41. The molecule has 31 heavy (non-hydrogen) atoms. The molecule has 0 N–H and O–H groups in total. The van der Waals surface area contributed by atoms with Crippen molar-refractivity contribution in [1.82, 2.24) is 14.9 Å². The molecule has 1 fully saturated rings. The van der Waals surface area contributed by atoms with Gasteiger partial charge in [0.05, 0.1) is 10.3 Å². The average molecular weight is 437 g/mol. The highest BCUT2D eigenvalue weighted by Crippen LogP contribution is 2.36. The van der Waals surface area contributed by atoms with Crippen molar-refractivity contribution in [3.05, 3.63) is 52.2 Å². The summed E-state index contributed by atoms with van der Waals surface area (Å²) in [6, 6.07) is 10.7. The Kier molecular flexibility index (Phi) is 6.56. The molecule has 164 valence electrons. The van der Waals surface area contributed by atoms with E-state index in [1.54, 1.807) is 0 Å². The molecule has 0 aliphatic carbocycles. The van der Waals surface area contributed by atoms with E-state index in [1.807, 2.05) is 11.8 Å². The SMILES string of the molecule is CCN(CC)c1nc(C)nc2sc(C(=O)N3CCC(Cc4ccccc4)CC3)c(C)c12. The summed E-state index contributed by atoms with van der Waals surface area (Å²) in [5.74, 6) is 2.53. The van der Waals surface area contributed by atoms with Crippen LogP contribution in [0.2, 0.25) is 0 Å². The van der Waals surface area contributed by atoms with Gasteiger partial charge in [0.2, 0.25) is 0 Å². The van der Waals surface area contributed by atoms with Gasteiger partial charge in [-0.1, -0.05) is 30.3 Å². The maximum atomic E-state index is 13.4. The van der Waals surface area contributed by atoms with Crippen molar-refractivity contribution in [1.29, 1.82) is 0 Å². The van der Waals surface area contributed by atoms with Gasteiger partial charge in [0, 0.05) is 26.2 Å². The minimum absolute atomic E-state index is 0.154. The minimum atomic E-state index is 0.154. The van der Waals surface area contributed by atoms with Gasteiger partial charge in [-0.15, -0.1) is 11.3 Å². The second kappa shape index (κ2) is 9.35. The molecule has 3 heterocycles. The molecule has 0 saturated carbocycles. The van der Waals surface area contributed by atoms with Crippen molar-refractivity contribution in [3.63, 3.8) is 0 Å². The third kappa shape index (κ3) is 4.45. The van der Waals surface area contributed by atoms with Crippen LogP contribution in [0.15, 0.2) is 30.3 Å². The van der Waals surface area contributed by atoms with Gasteiger partial charge in [-0.05, 0) is 64.0 Å². The predicted octanol–water partition coefficient (Wildman–Crippen LogP) is 5.25. The first-order valence-corrected chi connectivity index (χ1v) is 12.2. The number of fused-ring (bicyclic) bond motifs is 1. The van der Waals surface area contributed by atoms with Gasteiger partial charge in [0.25, 0.3) is 5.91 Å². The van der Waals surface area contributed by atoms with Crippen LogP contribution >= 0.6 is 11.3 Å². The molecule has 0 unspecified atom stereocenters. The van der Waals surface area contributed by atoms with Crippen LogP contribution in [0.3, 0.4) is 0 Å². The van der Waals surface area contributed by atoms with E-state index in [1.165, 1.54) is 16.9 Å². The molecule has 6 heteroatoms. The first-order valence-electron chi connectivity index (χ1n) is 11.4. The number of hydrogen-bond acceptors (Lipinski definition) is 5. The van der Waals surface area contributed by atoms with Gasteiger partial charge in [-0.3, -0.25) is 4.79 Å². The standard InChI is InChI=1S/C25H32N4OS/c1-5-28(6-2)23-21-17(3)22(31-24(21)27-18(4)26-23)25(30)29-14-12-20(13-15-29)16-19-10-8-7-9-11-19/h7-11,20H,5-6,12-16H2,1-4H3. The van der Waals surface area contributed by atoms with E-state index in [-0.39, 0.29) is 5.91 Å². The Hall–Kier alpha value is -2.47. The number of benzene rings is 1. The zero-order chi connectivity index (χ0) is 22.0. The van der Waals surface area contributed by atoms with Gasteiger partial charge < -0.3 is 9.80 Å². The maximum Gasteiger partial charge on any atom is 0.264 e. The van der Waals surface area contributed by atoms with Crippen LogP contribution in [0, 0.1) is 19.8 Å². The number of aryl methyl sites for hydroxylation is 2. The normalized spacial score (nSPS) is 14.9. The number of rotatable bonds is 6. The molecule has 1 saturated heterocycles. The molecule has 1 aromatic carbocycles. The van der Waals surface area contributed by atoms with E-state index in [4.69, 9.17) is 4.98 Å². The van der Waals surface area contributed by atoms with E-state index in [0.29, 0.717) is 5.92 Å². The van der Waals surface area contributed by atoms with Crippen LogP contribution in [0.5, 0.6) is 0 Å². The van der Waals surface area contributed by atoms with Crippen LogP contribution in [0.25, 0.3) is 10.2 Å². The molecule has 4 rings (SSSR count). The van der Waals surface area contributed by atoms with Crippen LogP contribution in [-0.4, -0.2) is 47.0 Å². The highest BCUT2D eigenvalue weighted by molar-refractivity contribution is 7.20. The summed E-state index contributed by atoms with van der Waals surface area (Å²) in [6.07, 6.45) is 3.23. The van der Waals surface area contributed by atoms with Crippen molar-refractivity contribution >= 4 is 33.3 Å². The number of aromatic nitrogens is 2. The lowest BCUT2D eigenvalue weighted by molar-refractivity contribution is 0.0695. The zero-order valence-corrected chi connectivity index (χ0v) is 19.8. The Bertz CT molecular complexity index is 1050. The number of amides is 1. The highest BCUT2D eigenvalue weighted by atomic mass is 32.1. The van der Waals surface area contributed by atoms with Crippen LogP contribution < -0.4 is 4.90 Å². The number of nitrogens with zero attached hydrogens (tertiary/aromatic N) is 4. The number of thiophene rings is 1. The minimum Gasteiger partial charge on any atom is -0.357 e. The second-order valence-corrected chi connectivity index (χ2v) is 9.43. The molecule has 1 aliphatic heterocycles. The number of piperidine rings is 1. The van der Waals surface area contributed by atoms with Crippen LogP contribution in [-0.2, 0) is 6.42 Å². The fraction of sp³-hybridized carbons (Fsp3) is 0.480. The Morgan fingerprint density at radius 2 is 1.77 bits per heavy atom. The monoisotopic (exact) mass is 436 g/mol. The number of carbonyl (C=O) groups excluding carboxylic acids is 1. The van der Waals surface area contributed by atoms with Crippen molar-refractivity contribution in [2.45, 2.75) is 47.0 Å². The summed E-state index contributed by atoms with van der Waals surface area (Å²) >= 11 is 1.53. The fourth-order valence-electron chi connectivity index (χ4n) is 4.61. The first kappa shape index (κ1) is 21.8. The zero-order valence-electron chi connectivity index (χ0n) is 19.0. The Morgan fingerprint density at radius 1 is 1.10 bits per heavy atom. The molecular formula is C25H32N4OS. The summed E-state index contributed by atoms with van der Waals surface area (Å²) in [4.78, 5) is 28.9. The van der Waals surface area contributed by atoms with E-state index in [0.717, 1.165) is 77.7 Å². The van der Waals surface area contributed by atoms with E-state index in [2.05, 4.69) is 61.0 Å². The van der Waals surface area contributed by atoms with E-state index >= 15 is 0 Å². The lowest BCUT2D eigenvalue weighted by atomic mass is 9.90. The van der Waals surface area contributed by atoms with Gasteiger partial charge in [-0.2, -0.15) is 0 Å². The number of hydrogen-bond donors (Lipinski definition) is 0. The molecule has 2 aromatic heterocycles. The molecule has 1 aliphatic rings. The summed E-state index contributed by atoms with van der Waals surface area (Å²) in [5.41, 5.74) is 2.42. The molecule has 0 bridgehead atoms. The quantitative estimate of drug-likeness (QED) is 0.530. The first-order chi connectivity index (χ1) is 15.0. The highest BCUT2D eigenvalue weighted by Gasteiger charge is 2.28. The molecular weight excluding hydrogens is 404 g/mol.